The van der Waals surface area contributed by atoms with Crippen LogP contribution in [0.1, 0.15) is 18.5 Å². The molecule has 0 spiro atoms. The molecule has 1 aromatic heterocycles. The lowest BCUT2D eigenvalue weighted by molar-refractivity contribution is -0.122. The number of hydrazine groups is 1. The third-order valence-electron chi connectivity index (χ3n) is 2.73. The average Bonchev–Trinajstić information content (AvgIpc) is 2.47. The first-order chi connectivity index (χ1) is 8.72. The second-order valence-corrected chi connectivity index (χ2v) is 3.94. The van der Waals surface area contributed by atoms with E-state index in [4.69, 9.17) is 5.84 Å². The molecule has 3 N–H and O–H groups in total. The van der Waals surface area contributed by atoms with Crippen LogP contribution in [0.5, 0.6) is 0 Å². The number of rotatable bonds is 3. The van der Waals surface area contributed by atoms with Gasteiger partial charge in [-0.05, 0) is 19.1 Å². The van der Waals surface area contributed by atoms with Crippen molar-refractivity contribution >= 4 is 5.91 Å². The van der Waals surface area contributed by atoms with Gasteiger partial charge in [0.2, 0.25) is 5.91 Å². The van der Waals surface area contributed by atoms with E-state index in [1.54, 1.807) is 13.0 Å². The maximum Gasteiger partial charge on any atom is 0.242 e. The quantitative estimate of drug-likeness (QED) is 0.482. The molecule has 0 aliphatic rings. The van der Waals surface area contributed by atoms with Gasteiger partial charge in [-0.3, -0.25) is 10.2 Å². The fourth-order valence-corrected chi connectivity index (χ4v) is 1.60. The molecule has 0 radical (unpaired) electrons. The number of amides is 1. The number of carbonyl (C=O) groups excluding carboxylic acids is 1. The van der Waals surface area contributed by atoms with Crippen LogP contribution in [0.15, 0.2) is 42.5 Å². The molecule has 5 nitrogen and oxygen atoms in total. The Morgan fingerprint density at radius 2 is 1.89 bits per heavy atom. The van der Waals surface area contributed by atoms with Gasteiger partial charge in [0.25, 0.3) is 0 Å². The summed E-state index contributed by atoms with van der Waals surface area (Å²) in [5.74, 6) is 4.39. The van der Waals surface area contributed by atoms with Gasteiger partial charge >= 0.3 is 0 Å². The van der Waals surface area contributed by atoms with Crippen LogP contribution >= 0.6 is 0 Å². The third kappa shape index (κ3) is 2.52. The Hall–Kier alpha value is -2.27. The third-order valence-corrected chi connectivity index (χ3v) is 2.73. The maximum absolute atomic E-state index is 11.4. The molecule has 2 aromatic rings. The number of aromatic nitrogens is 2. The molecule has 0 bridgehead atoms. The van der Waals surface area contributed by atoms with Gasteiger partial charge in [0.1, 0.15) is 0 Å². The molecule has 5 heteroatoms. The van der Waals surface area contributed by atoms with Gasteiger partial charge < -0.3 is 0 Å². The summed E-state index contributed by atoms with van der Waals surface area (Å²) < 4.78 is 0. The van der Waals surface area contributed by atoms with Crippen LogP contribution in [0.25, 0.3) is 11.3 Å². The van der Waals surface area contributed by atoms with Gasteiger partial charge in [-0.15, -0.1) is 0 Å². The fourth-order valence-electron chi connectivity index (χ4n) is 1.60. The summed E-state index contributed by atoms with van der Waals surface area (Å²) in [4.78, 5) is 11.4. The van der Waals surface area contributed by atoms with Gasteiger partial charge in [0, 0.05) is 5.56 Å². The van der Waals surface area contributed by atoms with E-state index in [0.717, 1.165) is 11.3 Å². The predicted molar refractivity (Wildman–Crippen MR) is 68.2 cm³/mol. The number of nitrogens with one attached hydrogen (secondary N) is 1. The molecule has 92 valence electrons. The van der Waals surface area contributed by atoms with Gasteiger partial charge in [-0.25, -0.2) is 5.84 Å². The van der Waals surface area contributed by atoms with E-state index in [1.807, 2.05) is 36.4 Å². The smallest absolute Gasteiger partial charge is 0.242 e. The predicted octanol–water partition coefficient (Wildman–Crippen LogP) is 1.24. The highest BCUT2D eigenvalue weighted by molar-refractivity contribution is 5.82. The highest BCUT2D eigenvalue weighted by atomic mass is 16.2. The number of hydrogen-bond donors (Lipinski definition) is 2. The lowest BCUT2D eigenvalue weighted by atomic mass is 10.1. The molecule has 0 aliphatic heterocycles. The molecule has 0 fully saturated rings. The molecule has 1 amide bonds. The summed E-state index contributed by atoms with van der Waals surface area (Å²) in [6.07, 6.45) is 0. The molecular weight excluding hydrogens is 228 g/mol. The van der Waals surface area contributed by atoms with Crippen LogP contribution in [-0.2, 0) is 4.79 Å². The van der Waals surface area contributed by atoms with Crippen LogP contribution in [0.2, 0.25) is 0 Å². The molecule has 1 atom stereocenters. The largest absolute Gasteiger partial charge is 0.294 e. The molecule has 1 heterocycles. The van der Waals surface area contributed by atoms with Crippen molar-refractivity contribution in [2.24, 2.45) is 5.84 Å². The van der Waals surface area contributed by atoms with E-state index >= 15 is 0 Å². The first kappa shape index (κ1) is 12.2. The molecule has 0 aliphatic carbocycles. The van der Waals surface area contributed by atoms with Gasteiger partial charge in [0.15, 0.2) is 0 Å². The minimum Gasteiger partial charge on any atom is -0.294 e. The standard InChI is InChI=1S/C13H14N4O/c1-9(13(18)15-14)11-7-8-12(17-16-11)10-5-3-2-4-6-10/h2-9H,14H2,1H3,(H,15,18). The van der Waals surface area contributed by atoms with E-state index in [1.165, 1.54) is 0 Å². The molecule has 18 heavy (non-hydrogen) atoms. The zero-order chi connectivity index (χ0) is 13.0. The summed E-state index contributed by atoms with van der Waals surface area (Å²) in [5.41, 5.74) is 4.47. The van der Waals surface area contributed by atoms with Crippen molar-refractivity contribution in [1.29, 1.82) is 0 Å². The van der Waals surface area contributed by atoms with Gasteiger partial charge in [-0.1, -0.05) is 30.3 Å². The second-order valence-electron chi connectivity index (χ2n) is 3.94. The maximum atomic E-state index is 11.4. The van der Waals surface area contributed by atoms with E-state index in [9.17, 15) is 4.79 Å². The molecule has 1 aromatic carbocycles. The van der Waals surface area contributed by atoms with Crippen molar-refractivity contribution < 1.29 is 4.79 Å². The Balaban J connectivity index is 2.23. The Labute approximate surface area is 105 Å². The van der Waals surface area contributed by atoms with Crippen molar-refractivity contribution in [2.75, 3.05) is 0 Å². The number of nitrogens with two attached hydrogens (primary N) is 1. The summed E-state index contributed by atoms with van der Waals surface area (Å²) in [5, 5.41) is 8.17. The molecule has 1 unspecified atom stereocenters. The van der Waals surface area contributed by atoms with Crippen LogP contribution in [-0.4, -0.2) is 16.1 Å². The monoisotopic (exact) mass is 242 g/mol. The van der Waals surface area contributed by atoms with Crippen LogP contribution in [0, 0.1) is 0 Å². The van der Waals surface area contributed by atoms with Gasteiger partial charge in [0.05, 0.1) is 17.3 Å². The Morgan fingerprint density at radius 1 is 1.17 bits per heavy atom. The lowest BCUT2D eigenvalue weighted by Gasteiger charge is -2.08. The summed E-state index contributed by atoms with van der Waals surface area (Å²) >= 11 is 0. The number of nitrogens with zero attached hydrogens (tertiary/aromatic N) is 2. The first-order valence-corrected chi connectivity index (χ1v) is 5.62. The molecule has 2 rings (SSSR count). The van der Waals surface area contributed by atoms with Crippen molar-refractivity contribution in [3.05, 3.63) is 48.2 Å². The van der Waals surface area contributed by atoms with Crippen molar-refractivity contribution in [3.63, 3.8) is 0 Å². The Morgan fingerprint density at radius 3 is 2.44 bits per heavy atom. The Bertz CT molecular complexity index is 524. The molecular formula is C13H14N4O. The van der Waals surface area contributed by atoms with Crippen molar-refractivity contribution in [2.45, 2.75) is 12.8 Å². The minimum atomic E-state index is -0.410. The van der Waals surface area contributed by atoms with Crippen LogP contribution in [0.4, 0.5) is 0 Å². The highest BCUT2D eigenvalue weighted by Gasteiger charge is 2.15. The van der Waals surface area contributed by atoms with E-state index in [2.05, 4.69) is 15.6 Å². The summed E-state index contributed by atoms with van der Waals surface area (Å²) in [6, 6.07) is 13.4. The second kappa shape index (κ2) is 5.37. The summed E-state index contributed by atoms with van der Waals surface area (Å²) in [7, 11) is 0. The number of benzene rings is 1. The average molecular weight is 242 g/mol. The molecule has 0 saturated heterocycles. The summed E-state index contributed by atoms with van der Waals surface area (Å²) in [6.45, 7) is 1.73. The first-order valence-electron chi connectivity index (χ1n) is 5.62. The van der Waals surface area contributed by atoms with Crippen molar-refractivity contribution in [1.82, 2.24) is 15.6 Å². The van der Waals surface area contributed by atoms with E-state index in [-0.39, 0.29) is 5.91 Å². The lowest BCUT2D eigenvalue weighted by Crippen LogP contribution is -2.34. The van der Waals surface area contributed by atoms with E-state index < -0.39 is 5.92 Å². The minimum absolute atomic E-state index is 0.281. The Kier molecular flexibility index (Phi) is 3.64. The molecule has 0 saturated carbocycles. The van der Waals surface area contributed by atoms with Crippen LogP contribution in [0.3, 0.4) is 0 Å². The van der Waals surface area contributed by atoms with Gasteiger partial charge in [-0.2, -0.15) is 10.2 Å². The highest BCUT2D eigenvalue weighted by Crippen LogP contribution is 2.17. The fraction of sp³-hybridized carbons (Fsp3) is 0.154. The zero-order valence-corrected chi connectivity index (χ0v) is 10.00. The number of hydrogen-bond acceptors (Lipinski definition) is 4. The van der Waals surface area contributed by atoms with Crippen LogP contribution < -0.4 is 11.3 Å². The topological polar surface area (TPSA) is 80.9 Å². The number of carbonyl (C=O) groups is 1. The normalized spacial score (nSPS) is 11.9. The zero-order valence-electron chi connectivity index (χ0n) is 10.00. The van der Waals surface area contributed by atoms with Crippen molar-refractivity contribution in [3.8, 4) is 11.3 Å². The van der Waals surface area contributed by atoms with E-state index in [0.29, 0.717) is 5.69 Å². The SMILES string of the molecule is CC(C(=O)NN)c1ccc(-c2ccccc2)nn1.